The number of hydrogen-bond acceptors (Lipinski definition) is 5. The number of rotatable bonds is 6. The fraction of sp³-hybridized carbons (Fsp3) is 0.158. The van der Waals surface area contributed by atoms with E-state index in [-0.39, 0.29) is 11.1 Å². The monoisotopic (exact) mass is 388 g/mol. The van der Waals surface area contributed by atoms with E-state index in [4.69, 9.17) is 26.5 Å². The lowest BCUT2D eigenvalue weighted by Gasteiger charge is -2.13. The van der Waals surface area contributed by atoms with E-state index in [1.165, 1.54) is 0 Å². The van der Waals surface area contributed by atoms with Crippen LogP contribution in [0.3, 0.4) is 0 Å². The zero-order valence-electron chi connectivity index (χ0n) is 14.0. The topological polar surface area (TPSA) is 71.4 Å². The Morgan fingerprint density at radius 3 is 2.73 bits per heavy atom. The van der Waals surface area contributed by atoms with Crippen molar-refractivity contribution in [2.75, 3.05) is 6.61 Å². The third-order valence-electron chi connectivity index (χ3n) is 3.51. The second kappa shape index (κ2) is 8.29. The molecule has 0 aromatic heterocycles. The molecule has 134 valence electrons. The zero-order valence-corrected chi connectivity index (χ0v) is 15.6. The molecule has 1 amide bonds. The molecule has 2 N–H and O–H groups in total. The molecule has 1 heterocycles. The summed E-state index contributed by atoms with van der Waals surface area (Å²) in [4.78, 5) is 12.2. The number of carbonyl (C=O) groups excluding carboxylic acids is 1. The van der Waals surface area contributed by atoms with Gasteiger partial charge in [-0.25, -0.2) is 0 Å². The van der Waals surface area contributed by atoms with E-state index in [9.17, 15) is 4.79 Å². The number of hydrogen-bond donors (Lipinski definition) is 2. The Morgan fingerprint density at radius 1 is 1.19 bits per heavy atom. The predicted molar refractivity (Wildman–Crippen MR) is 105 cm³/mol. The molecule has 1 aliphatic heterocycles. The summed E-state index contributed by atoms with van der Waals surface area (Å²) in [6.45, 7) is 2.76. The van der Waals surface area contributed by atoms with Gasteiger partial charge in [-0.2, -0.15) is 0 Å². The van der Waals surface area contributed by atoms with E-state index in [0.717, 1.165) is 22.9 Å². The number of thioether (sulfide) groups is 1. The molecule has 5 nitrogen and oxygen atoms in total. The third-order valence-corrected chi connectivity index (χ3v) is 4.58. The number of halogens is 1. The molecule has 26 heavy (non-hydrogen) atoms. The van der Waals surface area contributed by atoms with Gasteiger partial charge < -0.3 is 14.8 Å². The van der Waals surface area contributed by atoms with Crippen LogP contribution in [0, 0.1) is 5.41 Å². The average molecular weight is 389 g/mol. The van der Waals surface area contributed by atoms with Crippen LogP contribution in [0.2, 0.25) is 5.02 Å². The summed E-state index contributed by atoms with van der Waals surface area (Å²) in [5, 5.41) is 10.8. The highest BCUT2D eigenvalue weighted by Crippen LogP contribution is 2.32. The first-order chi connectivity index (χ1) is 12.5. The van der Waals surface area contributed by atoms with Crippen molar-refractivity contribution in [2.45, 2.75) is 13.5 Å². The van der Waals surface area contributed by atoms with Crippen LogP contribution in [0.25, 0.3) is 6.08 Å². The molecule has 2 aromatic carbocycles. The number of nitrogens with one attached hydrogen (secondary N) is 2. The normalized spacial score (nSPS) is 15.2. The first-order valence-corrected chi connectivity index (χ1v) is 9.18. The van der Waals surface area contributed by atoms with E-state index in [0.29, 0.717) is 34.6 Å². The van der Waals surface area contributed by atoms with Crippen molar-refractivity contribution < 1.29 is 14.3 Å². The summed E-state index contributed by atoms with van der Waals surface area (Å²) in [7, 11) is 0. The predicted octanol–water partition coefficient (Wildman–Crippen LogP) is 4.46. The summed E-state index contributed by atoms with van der Waals surface area (Å²) in [5.74, 6) is 0.951. The number of amides is 1. The molecule has 0 unspecified atom stereocenters. The highest BCUT2D eigenvalue weighted by molar-refractivity contribution is 8.18. The first-order valence-electron chi connectivity index (χ1n) is 7.98. The van der Waals surface area contributed by atoms with Crippen molar-refractivity contribution >= 4 is 40.5 Å². The van der Waals surface area contributed by atoms with Gasteiger partial charge >= 0.3 is 0 Å². The number of ether oxygens (including phenoxy) is 2. The Labute approximate surface area is 160 Å². The van der Waals surface area contributed by atoms with Crippen LogP contribution < -0.4 is 14.8 Å². The molecular weight excluding hydrogens is 372 g/mol. The molecule has 0 radical (unpaired) electrons. The van der Waals surface area contributed by atoms with Gasteiger partial charge in [0.25, 0.3) is 5.91 Å². The Kier molecular flexibility index (Phi) is 5.85. The number of carbonyl (C=O) groups is 1. The van der Waals surface area contributed by atoms with Crippen molar-refractivity contribution in [1.29, 1.82) is 5.41 Å². The van der Waals surface area contributed by atoms with Crippen LogP contribution in [-0.2, 0) is 11.4 Å². The zero-order chi connectivity index (χ0) is 18.5. The van der Waals surface area contributed by atoms with Crippen LogP contribution in [0.5, 0.6) is 11.5 Å². The van der Waals surface area contributed by atoms with Gasteiger partial charge in [0, 0.05) is 5.02 Å². The van der Waals surface area contributed by atoms with Gasteiger partial charge in [-0.3, -0.25) is 10.2 Å². The molecule has 1 aliphatic rings. The van der Waals surface area contributed by atoms with Crippen LogP contribution in [-0.4, -0.2) is 17.7 Å². The van der Waals surface area contributed by atoms with E-state index in [1.54, 1.807) is 6.08 Å². The van der Waals surface area contributed by atoms with Gasteiger partial charge in [0.1, 0.15) is 6.61 Å². The fourth-order valence-electron chi connectivity index (χ4n) is 2.38. The fourth-order valence-corrected chi connectivity index (χ4v) is 3.30. The smallest absolute Gasteiger partial charge is 0.264 e. The second-order valence-corrected chi connectivity index (χ2v) is 6.94. The van der Waals surface area contributed by atoms with Crippen molar-refractivity contribution in [2.24, 2.45) is 0 Å². The molecule has 0 bridgehead atoms. The molecule has 3 rings (SSSR count). The standard InChI is InChI=1S/C19H17ClN2O3S/c1-2-24-16-9-12(10-17-18(23)22-19(21)26-17)6-7-15(16)25-11-13-4-3-5-14(20)8-13/h3-10H,2,11H2,1H3,(H2,21,22,23). The van der Waals surface area contributed by atoms with Crippen molar-refractivity contribution in [3.05, 3.63) is 63.5 Å². The molecule has 0 saturated carbocycles. The Hall–Kier alpha value is -2.44. The van der Waals surface area contributed by atoms with Gasteiger partial charge in [0.15, 0.2) is 16.7 Å². The summed E-state index contributed by atoms with van der Waals surface area (Å²) >= 11 is 7.10. The minimum Gasteiger partial charge on any atom is -0.490 e. The van der Waals surface area contributed by atoms with Gasteiger partial charge in [0.2, 0.25) is 0 Å². The van der Waals surface area contributed by atoms with Crippen LogP contribution in [0.4, 0.5) is 0 Å². The molecule has 7 heteroatoms. The lowest BCUT2D eigenvalue weighted by Crippen LogP contribution is -2.18. The third kappa shape index (κ3) is 4.59. The van der Waals surface area contributed by atoms with Crippen LogP contribution in [0.15, 0.2) is 47.4 Å². The van der Waals surface area contributed by atoms with Crippen LogP contribution in [0.1, 0.15) is 18.1 Å². The van der Waals surface area contributed by atoms with Gasteiger partial charge in [-0.1, -0.05) is 29.8 Å². The number of amidine groups is 1. The summed E-state index contributed by atoms with van der Waals surface area (Å²) in [5.41, 5.74) is 1.76. The maximum Gasteiger partial charge on any atom is 0.264 e. The first kappa shape index (κ1) is 18.4. The second-order valence-electron chi connectivity index (χ2n) is 5.45. The van der Waals surface area contributed by atoms with Crippen molar-refractivity contribution in [1.82, 2.24) is 5.32 Å². The highest BCUT2D eigenvalue weighted by Gasteiger charge is 2.22. The molecule has 0 spiro atoms. The van der Waals surface area contributed by atoms with Crippen molar-refractivity contribution in [3.63, 3.8) is 0 Å². The highest BCUT2D eigenvalue weighted by atomic mass is 35.5. The minimum absolute atomic E-state index is 0.132. The lowest BCUT2D eigenvalue weighted by atomic mass is 10.2. The molecule has 2 aromatic rings. The van der Waals surface area contributed by atoms with Gasteiger partial charge in [-0.15, -0.1) is 0 Å². The number of benzene rings is 2. The van der Waals surface area contributed by atoms with Crippen LogP contribution >= 0.6 is 23.4 Å². The minimum atomic E-state index is -0.265. The molecule has 1 saturated heterocycles. The maximum absolute atomic E-state index is 11.7. The van der Waals surface area contributed by atoms with Gasteiger partial charge in [0.05, 0.1) is 11.5 Å². The molecule has 0 aliphatic carbocycles. The van der Waals surface area contributed by atoms with E-state index in [2.05, 4.69) is 5.32 Å². The van der Waals surface area contributed by atoms with Crippen molar-refractivity contribution in [3.8, 4) is 11.5 Å². The Morgan fingerprint density at radius 2 is 2.04 bits per heavy atom. The molecule has 1 fully saturated rings. The Balaban J connectivity index is 1.79. The van der Waals surface area contributed by atoms with E-state index < -0.39 is 0 Å². The van der Waals surface area contributed by atoms with E-state index >= 15 is 0 Å². The average Bonchev–Trinajstić information content (AvgIpc) is 2.92. The van der Waals surface area contributed by atoms with Gasteiger partial charge in [-0.05, 0) is 60.2 Å². The summed E-state index contributed by atoms with van der Waals surface area (Å²) < 4.78 is 11.5. The molecule has 0 atom stereocenters. The lowest BCUT2D eigenvalue weighted by molar-refractivity contribution is -0.115. The summed E-state index contributed by atoms with van der Waals surface area (Å²) in [6.07, 6.45) is 1.73. The maximum atomic E-state index is 11.7. The van der Waals surface area contributed by atoms with E-state index in [1.807, 2.05) is 49.4 Å². The summed E-state index contributed by atoms with van der Waals surface area (Å²) in [6, 6.07) is 13.0. The largest absolute Gasteiger partial charge is 0.490 e. The molecular formula is C19H17ClN2O3S. The SMILES string of the molecule is CCOc1cc(C=C2SC(=N)NC2=O)ccc1OCc1cccc(Cl)c1. The quantitative estimate of drug-likeness (QED) is 0.717. The Bertz CT molecular complexity index is 883.